The first-order valence-corrected chi connectivity index (χ1v) is 10.3. The van der Waals surface area contributed by atoms with Crippen molar-refractivity contribution >= 4 is 33.2 Å². The molecule has 0 aliphatic carbocycles. The number of rotatable bonds is 5. The summed E-state index contributed by atoms with van der Waals surface area (Å²) in [6.07, 6.45) is 0. The Labute approximate surface area is 172 Å². The fourth-order valence-corrected chi connectivity index (χ4v) is 4.39. The third-order valence-electron chi connectivity index (χ3n) is 4.77. The molecule has 0 aliphatic rings. The molecule has 2 aromatic heterocycles. The molecule has 4 nitrogen and oxygen atoms in total. The quantitative estimate of drug-likeness (QED) is 0.490. The van der Waals surface area contributed by atoms with Crippen molar-refractivity contribution in [2.45, 2.75) is 20.0 Å². The normalized spacial score (nSPS) is 11.4. The summed E-state index contributed by atoms with van der Waals surface area (Å²) < 4.78 is 0. The van der Waals surface area contributed by atoms with Crippen molar-refractivity contribution in [3.63, 3.8) is 0 Å². The summed E-state index contributed by atoms with van der Waals surface area (Å²) in [5.41, 5.74) is 4.29. The van der Waals surface area contributed by atoms with Crippen LogP contribution in [0.15, 0.2) is 58.7 Å². The van der Waals surface area contributed by atoms with E-state index in [1.807, 2.05) is 48.8 Å². The fourth-order valence-electron chi connectivity index (χ4n) is 3.30. The van der Waals surface area contributed by atoms with Crippen LogP contribution in [0.1, 0.15) is 17.0 Å². The smallest absolute Gasteiger partial charge is 0.260 e. The third-order valence-corrected chi connectivity index (χ3v) is 5.89. The summed E-state index contributed by atoms with van der Waals surface area (Å²) in [4.78, 5) is 23.4. The molecule has 4 aromatic rings. The standard InChI is InChI=1S/C22H20ClN3OS/c1-14-5-3-4-6-16(14)11-26(2)12-19-24-21(27)20-18(13-28-22(20)25-19)15-7-9-17(23)10-8-15/h3-10,13H,11-12H2,1-2H3,(H,24,25,27). The van der Waals surface area contributed by atoms with Crippen LogP contribution < -0.4 is 5.56 Å². The molecule has 6 heteroatoms. The first-order chi connectivity index (χ1) is 13.5. The van der Waals surface area contributed by atoms with E-state index in [2.05, 4.69) is 28.9 Å². The van der Waals surface area contributed by atoms with Crippen molar-refractivity contribution < 1.29 is 0 Å². The van der Waals surface area contributed by atoms with E-state index in [1.165, 1.54) is 22.5 Å². The lowest BCUT2D eigenvalue weighted by Gasteiger charge is -2.17. The number of H-pyrrole nitrogens is 1. The number of hydrogen-bond donors (Lipinski definition) is 1. The zero-order valence-electron chi connectivity index (χ0n) is 15.7. The second kappa shape index (κ2) is 7.87. The summed E-state index contributed by atoms with van der Waals surface area (Å²) in [6.45, 7) is 3.49. The number of benzene rings is 2. The minimum atomic E-state index is -0.101. The van der Waals surface area contributed by atoms with Gasteiger partial charge in [0.05, 0.1) is 11.9 Å². The Kier molecular flexibility index (Phi) is 5.31. The van der Waals surface area contributed by atoms with Gasteiger partial charge in [-0.05, 0) is 42.8 Å². The molecule has 0 radical (unpaired) electrons. The monoisotopic (exact) mass is 409 g/mol. The molecule has 0 bridgehead atoms. The van der Waals surface area contributed by atoms with Gasteiger partial charge >= 0.3 is 0 Å². The summed E-state index contributed by atoms with van der Waals surface area (Å²) in [5, 5.41) is 3.30. The van der Waals surface area contributed by atoms with E-state index in [1.54, 1.807) is 0 Å². The Morgan fingerprint density at radius 3 is 2.61 bits per heavy atom. The summed E-state index contributed by atoms with van der Waals surface area (Å²) in [6, 6.07) is 15.8. The van der Waals surface area contributed by atoms with E-state index < -0.39 is 0 Å². The minimum Gasteiger partial charge on any atom is -0.309 e. The number of halogens is 1. The molecule has 1 N–H and O–H groups in total. The third kappa shape index (κ3) is 3.87. The van der Waals surface area contributed by atoms with Gasteiger partial charge in [-0.1, -0.05) is 48.0 Å². The highest BCUT2D eigenvalue weighted by molar-refractivity contribution is 7.17. The van der Waals surface area contributed by atoms with Gasteiger partial charge in [0.2, 0.25) is 0 Å². The number of fused-ring (bicyclic) bond motifs is 1. The lowest BCUT2D eigenvalue weighted by atomic mass is 10.1. The molecule has 2 heterocycles. The number of nitrogens with one attached hydrogen (secondary N) is 1. The SMILES string of the molecule is Cc1ccccc1CN(C)Cc1nc2scc(-c3ccc(Cl)cc3)c2c(=O)[nH]1. The molecule has 0 saturated heterocycles. The molecule has 2 aromatic carbocycles. The van der Waals surface area contributed by atoms with Crippen LogP contribution in [0, 0.1) is 6.92 Å². The molecule has 0 fully saturated rings. The maximum Gasteiger partial charge on any atom is 0.260 e. The van der Waals surface area contributed by atoms with Crippen molar-refractivity contribution in [2.75, 3.05) is 7.05 Å². The van der Waals surface area contributed by atoms with Crippen LogP contribution in [0.4, 0.5) is 0 Å². The lowest BCUT2D eigenvalue weighted by Crippen LogP contribution is -2.22. The zero-order valence-corrected chi connectivity index (χ0v) is 17.3. The second-order valence-electron chi connectivity index (χ2n) is 6.95. The van der Waals surface area contributed by atoms with E-state index in [9.17, 15) is 4.79 Å². The van der Waals surface area contributed by atoms with Gasteiger partial charge in [-0.2, -0.15) is 0 Å². The minimum absolute atomic E-state index is 0.101. The molecule has 0 amide bonds. The van der Waals surface area contributed by atoms with Crippen molar-refractivity contribution in [2.24, 2.45) is 0 Å². The van der Waals surface area contributed by atoms with Gasteiger partial charge in [-0.3, -0.25) is 9.69 Å². The van der Waals surface area contributed by atoms with Crippen LogP contribution >= 0.6 is 22.9 Å². The topological polar surface area (TPSA) is 49.0 Å². The van der Waals surface area contributed by atoms with Crippen LogP contribution in [-0.2, 0) is 13.1 Å². The van der Waals surface area contributed by atoms with Gasteiger partial charge in [-0.25, -0.2) is 4.98 Å². The predicted molar refractivity (Wildman–Crippen MR) is 117 cm³/mol. The van der Waals surface area contributed by atoms with Crippen molar-refractivity contribution in [1.29, 1.82) is 0 Å². The molecular formula is C22H20ClN3OS. The first-order valence-electron chi connectivity index (χ1n) is 9.00. The number of aromatic amines is 1. The van der Waals surface area contributed by atoms with Crippen LogP contribution in [0.2, 0.25) is 5.02 Å². The highest BCUT2D eigenvalue weighted by Gasteiger charge is 2.14. The maximum absolute atomic E-state index is 12.8. The number of hydrogen-bond acceptors (Lipinski definition) is 4. The second-order valence-corrected chi connectivity index (χ2v) is 8.24. The van der Waals surface area contributed by atoms with Gasteiger partial charge in [-0.15, -0.1) is 11.3 Å². The average molecular weight is 410 g/mol. The Hall–Kier alpha value is -2.47. The number of aromatic nitrogens is 2. The molecule has 28 heavy (non-hydrogen) atoms. The van der Waals surface area contributed by atoms with Gasteiger partial charge in [0, 0.05) is 22.5 Å². The van der Waals surface area contributed by atoms with Crippen LogP contribution in [0.25, 0.3) is 21.3 Å². The summed E-state index contributed by atoms with van der Waals surface area (Å²) in [5.74, 6) is 0.679. The van der Waals surface area contributed by atoms with E-state index in [0.717, 1.165) is 22.5 Å². The highest BCUT2D eigenvalue weighted by atomic mass is 35.5. The number of thiophene rings is 1. The van der Waals surface area contributed by atoms with Crippen LogP contribution in [0.3, 0.4) is 0 Å². The zero-order chi connectivity index (χ0) is 19.7. The Morgan fingerprint density at radius 2 is 1.86 bits per heavy atom. The van der Waals surface area contributed by atoms with Gasteiger partial charge in [0.15, 0.2) is 0 Å². The van der Waals surface area contributed by atoms with Gasteiger partial charge < -0.3 is 4.98 Å². The molecule has 0 spiro atoms. The van der Waals surface area contributed by atoms with E-state index in [-0.39, 0.29) is 5.56 Å². The average Bonchev–Trinajstić information content (AvgIpc) is 3.09. The lowest BCUT2D eigenvalue weighted by molar-refractivity contribution is 0.310. The Bertz CT molecular complexity index is 1180. The van der Waals surface area contributed by atoms with Crippen molar-refractivity contribution in [1.82, 2.24) is 14.9 Å². The molecule has 142 valence electrons. The Morgan fingerprint density at radius 1 is 1.11 bits per heavy atom. The molecule has 0 unspecified atom stereocenters. The first kappa shape index (κ1) is 18.9. The molecule has 0 atom stereocenters. The van der Waals surface area contributed by atoms with E-state index >= 15 is 0 Å². The summed E-state index contributed by atoms with van der Waals surface area (Å²) >= 11 is 7.47. The number of aryl methyl sites for hydroxylation is 1. The van der Waals surface area contributed by atoms with Crippen molar-refractivity contribution in [3.05, 3.63) is 86.2 Å². The highest BCUT2D eigenvalue weighted by Crippen LogP contribution is 2.31. The van der Waals surface area contributed by atoms with E-state index in [0.29, 0.717) is 22.8 Å². The van der Waals surface area contributed by atoms with E-state index in [4.69, 9.17) is 16.6 Å². The van der Waals surface area contributed by atoms with Crippen LogP contribution in [-0.4, -0.2) is 21.9 Å². The molecule has 0 aliphatic heterocycles. The fraction of sp³-hybridized carbons (Fsp3) is 0.182. The Balaban J connectivity index is 1.61. The van der Waals surface area contributed by atoms with Gasteiger partial charge in [0.25, 0.3) is 5.56 Å². The number of nitrogens with zero attached hydrogens (tertiary/aromatic N) is 2. The molecular weight excluding hydrogens is 390 g/mol. The largest absolute Gasteiger partial charge is 0.309 e. The van der Waals surface area contributed by atoms with Gasteiger partial charge in [0.1, 0.15) is 10.7 Å². The van der Waals surface area contributed by atoms with Crippen LogP contribution in [0.5, 0.6) is 0 Å². The van der Waals surface area contributed by atoms with Crippen molar-refractivity contribution in [3.8, 4) is 11.1 Å². The summed E-state index contributed by atoms with van der Waals surface area (Å²) in [7, 11) is 2.03. The maximum atomic E-state index is 12.8. The molecule has 4 rings (SSSR count). The predicted octanol–water partition coefficient (Wildman–Crippen LogP) is 5.25. The molecule has 0 saturated carbocycles.